The van der Waals surface area contributed by atoms with Gasteiger partial charge < -0.3 is 10.0 Å². The molecule has 0 amide bonds. The zero-order chi connectivity index (χ0) is 12.0. The van der Waals surface area contributed by atoms with Crippen molar-refractivity contribution in [2.75, 3.05) is 18.5 Å². The number of carboxylic acids is 1. The first-order chi connectivity index (χ1) is 8.15. The summed E-state index contributed by atoms with van der Waals surface area (Å²) in [5.74, 6) is 0.373. The lowest BCUT2D eigenvalue weighted by molar-refractivity contribution is 0.0700. The molecule has 92 valence electrons. The first-order valence-electron chi connectivity index (χ1n) is 6.10. The van der Waals surface area contributed by atoms with Crippen molar-refractivity contribution in [2.45, 2.75) is 31.6 Å². The molecule has 2 aliphatic carbocycles. The summed E-state index contributed by atoms with van der Waals surface area (Å²) in [7, 11) is 2.01. The van der Waals surface area contributed by atoms with Gasteiger partial charge in [0, 0.05) is 19.5 Å². The number of aromatic nitrogens is 1. The number of rotatable bonds is 5. The Morgan fingerprint density at radius 3 is 2.71 bits per heavy atom. The fraction of sp³-hybridized carbons (Fsp3) is 0.667. The van der Waals surface area contributed by atoms with Crippen molar-refractivity contribution in [3.8, 4) is 0 Å². The SMILES string of the molecule is CN(CC1CC1)c1nc(C2CC2)c(C(=O)O)s1. The van der Waals surface area contributed by atoms with Crippen LogP contribution in [0.3, 0.4) is 0 Å². The van der Waals surface area contributed by atoms with Crippen molar-refractivity contribution < 1.29 is 9.90 Å². The summed E-state index contributed by atoms with van der Waals surface area (Å²) in [6.45, 7) is 1.01. The maximum atomic E-state index is 11.2. The van der Waals surface area contributed by atoms with Crippen molar-refractivity contribution in [1.29, 1.82) is 0 Å². The monoisotopic (exact) mass is 252 g/mol. The molecule has 2 aliphatic rings. The average molecular weight is 252 g/mol. The van der Waals surface area contributed by atoms with Crippen LogP contribution in [0.15, 0.2) is 0 Å². The van der Waals surface area contributed by atoms with Crippen molar-refractivity contribution in [3.63, 3.8) is 0 Å². The molecule has 0 radical (unpaired) electrons. The smallest absolute Gasteiger partial charge is 0.347 e. The van der Waals surface area contributed by atoms with Gasteiger partial charge in [-0.2, -0.15) is 0 Å². The lowest BCUT2D eigenvalue weighted by Crippen LogP contribution is -2.19. The minimum Gasteiger partial charge on any atom is -0.477 e. The summed E-state index contributed by atoms with van der Waals surface area (Å²) in [6.07, 6.45) is 4.79. The molecule has 1 aromatic rings. The number of carboxylic acid groups (broad SMARTS) is 1. The van der Waals surface area contributed by atoms with Crippen LogP contribution in [0.1, 0.15) is 47.0 Å². The molecule has 2 fully saturated rings. The third kappa shape index (κ3) is 2.29. The van der Waals surface area contributed by atoms with Crippen molar-refractivity contribution >= 4 is 22.4 Å². The maximum absolute atomic E-state index is 11.2. The van der Waals surface area contributed by atoms with Gasteiger partial charge in [0.05, 0.1) is 5.69 Å². The highest BCUT2D eigenvalue weighted by Gasteiger charge is 2.33. The summed E-state index contributed by atoms with van der Waals surface area (Å²) >= 11 is 1.33. The van der Waals surface area contributed by atoms with Crippen LogP contribution >= 0.6 is 11.3 Å². The highest BCUT2D eigenvalue weighted by molar-refractivity contribution is 7.17. The Labute approximate surface area is 104 Å². The van der Waals surface area contributed by atoms with E-state index in [-0.39, 0.29) is 0 Å². The molecular formula is C12H16N2O2S. The van der Waals surface area contributed by atoms with Crippen LogP contribution in [0.25, 0.3) is 0 Å². The zero-order valence-electron chi connectivity index (χ0n) is 9.85. The highest BCUT2D eigenvalue weighted by Crippen LogP contribution is 2.44. The summed E-state index contributed by atoms with van der Waals surface area (Å²) in [6, 6.07) is 0. The molecule has 0 spiro atoms. The van der Waals surface area contributed by atoms with E-state index >= 15 is 0 Å². The topological polar surface area (TPSA) is 53.4 Å². The molecule has 0 aliphatic heterocycles. The molecule has 1 N–H and O–H groups in total. The lowest BCUT2D eigenvalue weighted by Gasteiger charge is -2.14. The predicted octanol–water partition coefficient (Wildman–Crippen LogP) is 2.56. The molecule has 1 heterocycles. The van der Waals surface area contributed by atoms with E-state index in [0.717, 1.165) is 36.1 Å². The fourth-order valence-electron chi connectivity index (χ4n) is 2.04. The average Bonchev–Trinajstić information content (AvgIpc) is 3.19. The van der Waals surface area contributed by atoms with E-state index < -0.39 is 5.97 Å². The Morgan fingerprint density at radius 2 is 2.18 bits per heavy atom. The van der Waals surface area contributed by atoms with Gasteiger partial charge in [-0.25, -0.2) is 9.78 Å². The molecule has 0 saturated heterocycles. The number of carbonyl (C=O) groups is 1. The quantitative estimate of drug-likeness (QED) is 0.875. The molecule has 0 aromatic carbocycles. The van der Waals surface area contributed by atoms with E-state index in [1.807, 2.05) is 7.05 Å². The Morgan fingerprint density at radius 1 is 1.47 bits per heavy atom. The largest absolute Gasteiger partial charge is 0.477 e. The molecular weight excluding hydrogens is 236 g/mol. The van der Waals surface area contributed by atoms with E-state index in [9.17, 15) is 9.90 Å². The van der Waals surface area contributed by atoms with Gasteiger partial charge >= 0.3 is 5.97 Å². The maximum Gasteiger partial charge on any atom is 0.347 e. The van der Waals surface area contributed by atoms with Gasteiger partial charge in [0.2, 0.25) is 0 Å². The van der Waals surface area contributed by atoms with Crippen LogP contribution < -0.4 is 4.90 Å². The van der Waals surface area contributed by atoms with Crippen LogP contribution in [0.5, 0.6) is 0 Å². The van der Waals surface area contributed by atoms with Crippen LogP contribution in [0.4, 0.5) is 5.13 Å². The Balaban J connectivity index is 1.83. The van der Waals surface area contributed by atoms with Crippen LogP contribution in [0, 0.1) is 5.92 Å². The van der Waals surface area contributed by atoms with Crippen molar-refractivity contribution in [2.24, 2.45) is 5.92 Å². The van der Waals surface area contributed by atoms with E-state index in [2.05, 4.69) is 9.88 Å². The van der Waals surface area contributed by atoms with Gasteiger partial charge in [-0.3, -0.25) is 0 Å². The van der Waals surface area contributed by atoms with Crippen molar-refractivity contribution in [1.82, 2.24) is 4.98 Å². The summed E-state index contributed by atoms with van der Waals surface area (Å²) in [4.78, 5) is 18.3. The van der Waals surface area contributed by atoms with Crippen LogP contribution in [-0.2, 0) is 0 Å². The molecule has 2 saturated carbocycles. The van der Waals surface area contributed by atoms with E-state index in [4.69, 9.17) is 0 Å². The summed E-state index contributed by atoms with van der Waals surface area (Å²) in [5, 5.41) is 10.1. The molecule has 3 rings (SSSR count). The Bertz CT molecular complexity index is 449. The molecule has 0 bridgehead atoms. The number of anilines is 1. The van der Waals surface area contributed by atoms with Crippen molar-refractivity contribution in [3.05, 3.63) is 10.6 Å². The number of aromatic carboxylic acids is 1. The first-order valence-corrected chi connectivity index (χ1v) is 6.92. The van der Waals surface area contributed by atoms with Gasteiger partial charge in [0.1, 0.15) is 4.88 Å². The zero-order valence-corrected chi connectivity index (χ0v) is 10.7. The van der Waals surface area contributed by atoms with Crippen LogP contribution in [-0.4, -0.2) is 29.7 Å². The Kier molecular flexibility index (Phi) is 2.58. The van der Waals surface area contributed by atoms with Crippen LogP contribution in [0.2, 0.25) is 0 Å². The van der Waals surface area contributed by atoms with Gasteiger partial charge in [-0.05, 0) is 31.6 Å². The molecule has 1 aromatic heterocycles. The first kappa shape index (κ1) is 11.0. The molecule has 4 nitrogen and oxygen atoms in total. The second kappa shape index (κ2) is 3.98. The second-order valence-corrected chi connectivity index (χ2v) is 6.09. The number of thiazole rings is 1. The number of nitrogens with zero attached hydrogens (tertiary/aromatic N) is 2. The van der Waals surface area contributed by atoms with E-state index in [1.54, 1.807) is 0 Å². The third-order valence-corrected chi connectivity index (χ3v) is 4.53. The third-order valence-electron chi connectivity index (χ3n) is 3.36. The Hall–Kier alpha value is -1.10. The molecule has 0 atom stereocenters. The minimum atomic E-state index is -0.824. The lowest BCUT2D eigenvalue weighted by atomic mass is 10.2. The fourth-order valence-corrected chi connectivity index (χ4v) is 3.00. The number of hydrogen-bond donors (Lipinski definition) is 1. The standard InChI is InChI=1S/C12H16N2O2S/c1-14(6-7-2-3-7)12-13-9(8-4-5-8)10(17-12)11(15)16/h7-8H,2-6H2,1H3,(H,15,16). The highest BCUT2D eigenvalue weighted by atomic mass is 32.1. The van der Waals surface area contributed by atoms with E-state index in [1.165, 1.54) is 24.2 Å². The predicted molar refractivity (Wildman–Crippen MR) is 67.0 cm³/mol. The molecule has 5 heteroatoms. The normalized spacial score (nSPS) is 19.4. The summed E-state index contributed by atoms with van der Waals surface area (Å²) < 4.78 is 0. The van der Waals surface area contributed by atoms with E-state index in [0.29, 0.717) is 10.8 Å². The van der Waals surface area contributed by atoms with Gasteiger partial charge in [0.25, 0.3) is 0 Å². The van der Waals surface area contributed by atoms with Gasteiger partial charge in [0.15, 0.2) is 5.13 Å². The van der Waals surface area contributed by atoms with Gasteiger partial charge in [-0.15, -0.1) is 0 Å². The molecule has 0 unspecified atom stereocenters. The summed E-state index contributed by atoms with van der Waals surface area (Å²) in [5.41, 5.74) is 0.820. The van der Waals surface area contributed by atoms with Gasteiger partial charge in [-0.1, -0.05) is 11.3 Å². The number of hydrogen-bond acceptors (Lipinski definition) is 4. The minimum absolute atomic E-state index is 0.403. The molecule has 17 heavy (non-hydrogen) atoms. The second-order valence-electron chi connectivity index (χ2n) is 5.11.